The number of hydrogen-bond acceptors (Lipinski definition) is 5. The molecule has 1 aliphatic heterocycles. The van der Waals surface area contributed by atoms with E-state index in [1.165, 1.54) is 12.8 Å². The molecule has 0 aromatic heterocycles. The molecule has 0 unspecified atom stereocenters. The van der Waals surface area contributed by atoms with E-state index in [1.54, 1.807) is 0 Å². The molecule has 2 aliphatic rings. The minimum absolute atomic E-state index is 0.0278. The van der Waals surface area contributed by atoms with Crippen molar-refractivity contribution < 1.29 is 24.4 Å². The molecule has 0 atom stereocenters. The summed E-state index contributed by atoms with van der Waals surface area (Å²) >= 11 is 0. The number of rotatable bonds is 4. The SMILES string of the molecule is C1COC2(CC2)CO1.OCCOCCO. The van der Waals surface area contributed by atoms with E-state index in [4.69, 9.17) is 19.7 Å². The first-order valence-electron chi connectivity index (χ1n) is 5.34. The molecule has 0 aromatic carbocycles. The molecule has 1 aliphatic carbocycles. The number of aliphatic hydroxyl groups excluding tert-OH is 2. The lowest BCUT2D eigenvalue weighted by molar-refractivity contribution is -0.104. The first kappa shape index (κ1) is 12.9. The zero-order chi connectivity index (χ0) is 11.0. The molecule has 5 heteroatoms. The van der Waals surface area contributed by atoms with E-state index in [0.29, 0.717) is 13.2 Å². The Bertz CT molecular complexity index is 146. The van der Waals surface area contributed by atoms with Crippen LogP contribution in [0.5, 0.6) is 0 Å². The van der Waals surface area contributed by atoms with Crippen molar-refractivity contribution in [3.63, 3.8) is 0 Å². The van der Waals surface area contributed by atoms with E-state index < -0.39 is 0 Å². The molecule has 0 amide bonds. The average molecular weight is 220 g/mol. The van der Waals surface area contributed by atoms with Crippen LogP contribution < -0.4 is 0 Å². The Morgan fingerprint density at radius 1 is 1.07 bits per heavy atom. The van der Waals surface area contributed by atoms with Gasteiger partial charge in [-0.3, -0.25) is 0 Å². The predicted octanol–water partition coefficient (Wildman–Crippen LogP) is -0.447. The van der Waals surface area contributed by atoms with Crippen LogP contribution in [0.1, 0.15) is 12.8 Å². The monoisotopic (exact) mass is 220 g/mol. The van der Waals surface area contributed by atoms with Crippen LogP contribution in [-0.2, 0) is 14.2 Å². The third-order valence-electron chi connectivity index (χ3n) is 2.28. The van der Waals surface area contributed by atoms with Crippen LogP contribution in [0.2, 0.25) is 0 Å². The van der Waals surface area contributed by atoms with Gasteiger partial charge in [0, 0.05) is 0 Å². The lowest BCUT2D eigenvalue weighted by Gasteiger charge is -2.21. The lowest BCUT2D eigenvalue weighted by Crippen LogP contribution is -2.29. The quantitative estimate of drug-likeness (QED) is 0.628. The molecule has 1 saturated heterocycles. The minimum Gasteiger partial charge on any atom is -0.394 e. The first-order chi connectivity index (χ1) is 7.33. The van der Waals surface area contributed by atoms with Crippen LogP contribution in [0.15, 0.2) is 0 Å². The van der Waals surface area contributed by atoms with Gasteiger partial charge in [0.15, 0.2) is 0 Å². The Labute approximate surface area is 89.9 Å². The Balaban J connectivity index is 0.000000153. The molecular weight excluding hydrogens is 200 g/mol. The zero-order valence-corrected chi connectivity index (χ0v) is 8.98. The van der Waals surface area contributed by atoms with Gasteiger partial charge >= 0.3 is 0 Å². The number of hydrogen-bond donors (Lipinski definition) is 2. The summed E-state index contributed by atoms with van der Waals surface area (Å²) in [6.07, 6.45) is 2.43. The first-order valence-corrected chi connectivity index (χ1v) is 5.34. The van der Waals surface area contributed by atoms with Crippen LogP contribution in [-0.4, -0.2) is 62.1 Å². The van der Waals surface area contributed by atoms with Crippen molar-refractivity contribution in [2.24, 2.45) is 0 Å². The second-order valence-electron chi connectivity index (χ2n) is 3.64. The predicted molar refractivity (Wildman–Crippen MR) is 53.7 cm³/mol. The summed E-state index contributed by atoms with van der Waals surface area (Å²) in [4.78, 5) is 0. The number of ether oxygens (including phenoxy) is 3. The van der Waals surface area contributed by atoms with Gasteiger partial charge in [-0.05, 0) is 12.8 Å². The van der Waals surface area contributed by atoms with Crippen LogP contribution >= 0.6 is 0 Å². The average Bonchev–Trinajstić information content (AvgIpc) is 3.01. The molecular formula is C10H20O5. The van der Waals surface area contributed by atoms with Crippen molar-refractivity contribution in [1.82, 2.24) is 0 Å². The number of aliphatic hydroxyl groups is 2. The Hall–Kier alpha value is -0.200. The van der Waals surface area contributed by atoms with Gasteiger partial charge in [-0.1, -0.05) is 0 Å². The zero-order valence-electron chi connectivity index (χ0n) is 8.98. The van der Waals surface area contributed by atoms with Crippen molar-refractivity contribution in [2.75, 3.05) is 46.2 Å². The van der Waals surface area contributed by atoms with Crippen molar-refractivity contribution in [1.29, 1.82) is 0 Å². The Morgan fingerprint density at radius 2 is 1.73 bits per heavy atom. The third-order valence-corrected chi connectivity index (χ3v) is 2.28. The molecule has 0 radical (unpaired) electrons. The van der Waals surface area contributed by atoms with Crippen LogP contribution in [0.25, 0.3) is 0 Å². The standard InChI is InChI=1S/C6H10O2.C4H10O3/c1-2-6(1)5-7-3-4-8-6;5-1-3-7-4-2-6/h1-5H2;5-6H,1-4H2. The molecule has 1 heterocycles. The second-order valence-corrected chi connectivity index (χ2v) is 3.64. The highest BCUT2D eigenvalue weighted by Gasteiger charge is 2.45. The smallest absolute Gasteiger partial charge is 0.0918 e. The van der Waals surface area contributed by atoms with Gasteiger partial charge in [0.2, 0.25) is 0 Å². The molecule has 1 saturated carbocycles. The minimum atomic E-state index is 0.0278. The van der Waals surface area contributed by atoms with Crippen molar-refractivity contribution in [2.45, 2.75) is 18.4 Å². The molecule has 15 heavy (non-hydrogen) atoms. The van der Waals surface area contributed by atoms with Gasteiger partial charge in [0.05, 0.1) is 51.8 Å². The van der Waals surface area contributed by atoms with Crippen LogP contribution in [0.3, 0.4) is 0 Å². The molecule has 0 aromatic rings. The maximum absolute atomic E-state index is 8.09. The highest BCUT2D eigenvalue weighted by atomic mass is 16.6. The van der Waals surface area contributed by atoms with E-state index in [9.17, 15) is 0 Å². The maximum Gasteiger partial charge on any atom is 0.0918 e. The molecule has 1 spiro atoms. The molecule has 90 valence electrons. The topological polar surface area (TPSA) is 68.2 Å². The third kappa shape index (κ3) is 5.44. The summed E-state index contributed by atoms with van der Waals surface area (Å²) in [7, 11) is 0. The van der Waals surface area contributed by atoms with E-state index in [1.807, 2.05) is 0 Å². The van der Waals surface area contributed by atoms with Crippen LogP contribution in [0.4, 0.5) is 0 Å². The summed E-state index contributed by atoms with van der Waals surface area (Å²) in [6, 6.07) is 0. The highest BCUT2D eigenvalue weighted by molar-refractivity contribution is 4.96. The van der Waals surface area contributed by atoms with Crippen molar-refractivity contribution in [3.8, 4) is 0 Å². The van der Waals surface area contributed by atoms with Gasteiger partial charge in [-0.2, -0.15) is 0 Å². The largest absolute Gasteiger partial charge is 0.394 e. The normalized spacial score (nSPS) is 22.0. The summed E-state index contributed by atoms with van der Waals surface area (Å²) in [5.41, 5.74) is 0.207. The summed E-state index contributed by atoms with van der Waals surface area (Å²) in [5, 5.41) is 16.2. The second kappa shape index (κ2) is 7.14. The van der Waals surface area contributed by atoms with E-state index in [2.05, 4.69) is 4.74 Å². The molecule has 2 fully saturated rings. The van der Waals surface area contributed by atoms with Crippen molar-refractivity contribution in [3.05, 3.63) is 0 Å². The van der Waals surface area contributed by atoms with Gasteiger partial charge < -0.3 is 24.4 Å². The molecule has 2 N–H and O–H groups in total. The fourth-order valence-electron chi connectivity index (χ4n) is 1.28. The Kier molecular flexibility index (Phi) is 6.12. The lowest BCUT2D eigenvalue weighted by atomic mass is 10.3. The maximum atomic E-state index is 8.09. The van der Waals surface area contributed by atoms with E-state index in [0.717, 1.165) is 19.8 Å². The fourth-order valence-corrected chi connectivity index (χ4v) is 1.28. The van der Waals surface area contributed by atoms with Gasteiger partial charge in [0.1, 0.15) is 0 Å². The Morgan fingerprint density at radius 3 is 2.07 bits per heavy atom. The van der Waals surface area contributed by atoms with E-state index >= 15 is 0 Å². The van der Waals surface area contributed by atoms with Gasteiger partial charge in [0.25, 0.3) is 0 Å². The molecule has 5 nitrogen and oxygen atoms in total. The van der Waals surface area contributed by atoms with Gasteiger partial charge in [-0.25, -0.2) is 0 Å². The summed E-state index contributed by atoms with van der Waals surface area (Å²) in [6.45, 7) is 3.13. The molecule has 0 bridgehead atoms. The van der Waals surface area contributed by atoms with Crippen molar-refractivity contribution >= 4 is 0 Å². The summed E-state index contributed by atoms with van der Waals surface area (Å²) < 4.78 is 15.3. The van der Waals surface area contributed by atoms with E-state index in [-0.39, 0.29) is 18.8 Å². The van der Waals surface area contributed by atoms with Gasteiger partial charge in [-0.15, -0.1) is 0 Å². The molecule has 2 rings (SSSR count). The highest BCUT2D eigenvalue weighted by Crippen LogP contribution is 2.40. The fraction of sp³-hybridized carbons (Fsp3) is 1.00. The van der Waals surface area contributed by atoms with Crippen LogP contribution in [0, 0.1) is 0 Å². The summed E-state index contributed by atoms with van der Waals surface area (Å²) in [5.74, 6) is 0.